The second-order valence-electron chi connectivity index (χ2n) is 4.93. The average molecular weight is 344 g/mol. The van der Waals surface area contributed by atoms with Crippen LogP contribution in [-0.4, -0.2) is 15.9 Å². The van der Waals surface area contributed by atoms with Crippen molar-refractivity contribution in [1.82, 2.24) is 9.97 Å². The fraction of sp³-hybridized carbons (Fsp3) is 0. The maximum Gasteiger partial charge on any atom is 0.274 e. The minimum absolute atomic E-state index is 0.0179. The maximum absolute atomic E-state index is 13.7. The lowest BCUT2D eigenvalue weighted by Gasteiger charge is -2.08. The number of carbonyl (C=O) groups excluding carboxylic acids is 1. The molecule has 0 atom stereocenters. The molecule has 0 spiro atoms. The first-order valence-electron chi connectivity index (χ1n) is 7.14. The Morgan fingerprint density at radius 1 is 0.920 bits per heavy atom. The fourth-order valence-corrected chi connectivity index (χ4v) is 2.00. The van der Waals surface area contributed by atoms with Gasteiger partial charge in [-0.2, -0.15) is 0 Å². The Morgan fingerprint density at radius 2 is 1.68 bits per heavy atom. The van der Waals surface area contributed by atoms with Gasteiger partial charge in [-0.15, -0.1) is 0 Å². The number of halogens is 3. The molecule has 1 aromatic heterocycles. The summed E-state index contributed by atoms with van der Waals surface area (Å²) in [6.07, 6.45) is 1.28. The van der Waals surface area contributed by atoms with E-state index in [1.165, 1.54) is 12.3 Å². The van der Waals surface area contributed by atoms with Crippen LogP contribution in [0.1, 0.15) is 10.5 Å². The van der Waals surface area contributed by atoms with Gasteiger partial charge in [0.2, 0.25) is 5.95 Å². The van der Waals surface area contributed by atoms with Crippen LogP contribution in [0, 0.1) is 17.5 Å². The molecular weight excluding hydrogens is 333 g/mol. The molecule has 1 amide bonds. The van der Waals surface area contributed by atoms with Crippen molar-refractivity contribution < 1.29 is 18.0 Å². The van der Waals surface area contributed by atoms with E-state index in [0.29, 0.717) is 5.69 Å². The van der Waals surface area contributed by atoms with Crippen LogP contribution in [0.2, 0.25) is 0 Å². The highest BCUT2D eigenvalue weighted by Gasteiger charge is 2.15. The van der Waals surface area contributed by atoms with Gasteiger partial charge in [0.15, 0.2) is 17.5 Å². The summed E-state index contributed by atoms with van der Waals surface area (Å²) in [5.41, 5.74) is 0.246. The van der Waals surface area contributed by atoms with Crippen molar-refractivity contribution in [1.29, 1.82) is 0 Å². The molecule has 1 heterocycles. The SMILES string of the molecule is O=C(Nc1ccccc1)c1ccnc(Nc2ccc(F)c(F)c2F)n1. The fourth-order valence-electron chi connectivity index (χ4n) is 2.00. The summed E-state index contributed by atoms with van der Waals surface area (Å²) in [5, 5.41) is 5.05. The summed E-state index contributed by atoms with van der Waals surface area (Å²) in [6.45, 7) is 0. The number of hydrogen-bond acceptors (Lipinski definition) is 4. The van der Waals surface area contributed by atoms with Crippen LogP contribution in [0.5, 0.6) is 0 Å². The number of carbonyl (C=O) groups is 1. The third-order valence-electron chi connectivity index (χ3n) is 3.20. The molecule has 0 saturated heterocycles. The minimum atomic E-state index is -1.61. The van der Waals surface area contributed by atoms with Crippen molar-refractivity contribution in [3.63, 3.8) is 0 Å². The van der Waals surface area contributed by atoms with Crippen molar-refractivity contribution in [3.8, 4) is 0 Å². The van der Waals surface area contributed by atoms with E-state index in [-0.39, 0.29) is 17.3 Å². The molecule has 0 bridgehead atoms. The predicted octanol–water partition coefficient (Wildman–Crippen LogP) is 3.89. The number of benzene rings is 2. The van der Waals surface area contributed by atoms with Gasteiger partial charge < -0.3 is 10.6 Å². The molecule has 5 nitrogen and oxygen atoms in total. The van der Waals surface area contributed by atoms with Gasteiger partial charge in [-0.3, -0.25) is 4.79 Å². The molecule has 0 aliphatic rings. The zero-order valence-electron chi connectivity index (χ0n) is 12.6. The molecule has 2 N–H and O–H groups in total. The van der Waals surface area contributed by atoms with Gasteiger partial charge in [0, 0.05) is 11.9 Å². The molecule has 2 aromatic carbocycles. The van der Waals surface area contributed by atoms with E-state index in [2.05, 4.69) is 20.6 Å². The van der Waals surface area contributed by atoms with E-state index >= 15 is 0 Å². The van der Waals surface area contributed by atoms with Crippen molar-refractivity contribution >= 4 is 23.2 Å². The molecule has 25 heavy (non-hydrogen) atoms. The first-order chi connectivity index (χ1) is 12.0. The number of aromatic nitrogens is 2. The largest absolute Gasteiger partial charge is 0.322 e. The van der Waals surface area contributed by atoms with E-state index in [9.17, 15) is 18.0 Å². The summed E-state index contributed by atoms with van der Waals surface area (Å²) in [5.74, 6) is -4.95. The predicted molar refractivity (Wildman–Crippen MR) is 86.0 cm³/mol. The molecule has 0 radical (unpaired) electrons. The molecule has 3 aromatic rings. The first kappa shape index (κ1) is 16.4. The number of nitrogens with one attached hydrogen (secondary N) is 2. The highest BCUT2D eigenvalue weighted by Crippen LogP contribution is 2.22. The lowest BCUT2D eigenvalue weighted by Crippen LogP contribution is -2.14. The first-order valence-corrected chi connectivity index (χ1v) is 7.14. The summed E-state index contributed by atoms with van der Waals surface area (Å²) in [7, 11) is 0. The Hall–Kier alpha value is -3.42. The summed E-state index contributed by atoms with van der Waals surface area (Å²) < 4.78 is 39.9. The van der Waals surface area contributed by atoms with Crippen LogP contribution in [0.15, 0.2) is 54.7 Å². The van der Waals surface area contributed by atoms with Crippen LogP contribution in [0.4, 0.5) is 30.5 Å². The van der Waals surface area contributed by atoms with Gasteiger partial charge >= 0.3 is 0 Å². The molecule has 3 rings (SSSR count). The number of rotatable bonds is 4. The van der Waals surface area contributed by atoms with Crippen molar-refractivity contribution in [2.45, 2.75) is 0 Å². The number of hydrogen-bond donors (Lipinski definition) is 2. The second-order valence-corrected chi connectivity index (χ2v) is 4.93. The zero-order chi connectivity index (χ0) is 17.8. The standard InChI is InChI=1S/C17H11F3N4O/c18-11-6-7-12(15(20)14(11)19)23-17-21-9-8-13(24-17)16(25)22-10-4-2-1-3-5-10/h1-9H,(H,22,25)(H,21,23,24). The Morgan fingerprint density at radius 3 is 2.44 bits per heavy atom. The molecule has 0 aliphatic heterocycles. The highest BCUT2D eigenvalue weighted by atomic mass is 19.2. The third kappa shape index (κ3) is 3.74. The van der Waals surface area contributed by atoms with Crippen LogP contribution in [0.3, 0.4) is 0 Å². The minimum Gasteiger partial charge on any atom is -0.322 e. The van der Waals surface area contributed by atoms with Gasteiger partial charge in [-0.25, -0.2) is 23.1 Å². The van der Waals surface area contributed by atoms with Gasteiger partial charge in [-0.05, 0) is 30.3 Å². The van der Waals surface area contributed by atoms with Crippen LogP contribution >= 0.6 is 0 Å². The van der Waals surface area contributed by atoms with E-state index in [4.69, 9.17) is 0 Å². The van der Waals surface area contributed by atoms with Crippen molar-refractivity contribution in [2.75, 3.05) is 10.6 Å². The average Bonchev–Trinajstić information content (AvgIpc) is 2.63. The Kier molecular flexibility index (Phi) is 4.60. The summed E-state index contributed by atoms with van der Waals surface area (Å²) >= 11 is 0. The van der Waals surface area contributed by atoms with Crippen LogP contribution in [0.25, 0.3) is 0 Å². The lowest BCUT2D eigenvalue weighted by molar-refractivity contribution is 0.102. The number of anilines is 3. The van der Waals surface area contributed by atoms with E-state index < -0.39 is 23.4 Å². The lowest BCUT2D eigenvalue weighted by atomic mass is 10.3. The highest BCUT2D eigenvalue weighted by molar-refractivity contribution is 6.02. The summed E-state index contributed by atoms with van der Waals surface area (Å²) in [6, 6.07) is 11.9. The van der Waals surface area contributed by atoms with Crippen molar-refractivity contribution in [3.05, 3.63) is 77.9 Å². The van der Waals surface area contributed by atoms with Gasteiger partial charge in [0.1, 0.15) is 5.69 Å². The van der Waals surface area contributed by atoms with Crippen molar-refractivity contribution in [2.24, 2.45) is 0 Å². The molecule has 0 aliphatic carbocycles. The number of para-hydroxylation sites is 1. The number of nitrogens with zero attached hydrogens (tertiary/aromatic N) is 2. The molecule has 0 unspecified atom stereocenters. The molecule has 126 valence electrons. The van der Waals surface area contributed by atoms with Gasteiger partial charge in [-0.1, -0.05) is 18.2 Å². The smallest absolute Gasteiger partial charge is 0.274 e. The summed E-state index contributed by atoms with van der Waals surface area (Å²) in [4.78, 5) is 19.9. The molecule has 0 fully saturated rings. The van der Waals surface area contributed by atoms with E-state index in [0.717, 1.165) is 12.1 Å². The normalized spacial score (nSPS) is 10.4. The monoisotopic (exact) mass is 344 g/mol. The van der Waals surface area contributed by atoms with Crippen LogP contribution in [-0.2, 0) is 0 Å². The van der Waals surface area contributed by atoms with E-state index in [1.807, 2.05) is 0 Å². The number of amides is 1. The molecule has 8 heteroatoms. The van der Waals surface area contributed by atoms with E-state index in [1.54, 1.807) is 30.3 Å². The topological polar surface area (TPSA) is 66.9 Å². The maximum atomic E-state index is 13.7. The Labute approximate surface area is 140 Å². The van der Waals surface area contributed by atoms with Gasteiger partial charge in [0.05, 0.1) is 5.69 Å². The molecular formula is C17H11F3N4O. The second kappa shape index (κ2) is 7.00. The quantitative estimate of drug-likeness (QED) is 0.705. The van der Waals surface area contributed by atoms with Gasteiger partial charge in [0.25, 0.3) is 5.91 Å². The Bertz CT molecular complexity index is 919. The third-order valence-corrected chi connectivity index (χ3v) is 3.20. The molecule has 0 saturated carbocycles. The Balaban J connectivity index is 1.80. The zero-order valence-corrected chi connectivity index (χ0v) is 12.6. The van der Waals surface area contributed by atoms with Crippen LogP contribution < -0.4 is 10.6 Å².